The fourth-order valence-corrected chi connectivity index (χ4v) is 1.12. The van der Waals surface area contributed by atoms with E-state index in [0.29, 0.717) is 0 Å². The number of hydrogen-bond donors (Lipinski definition) is 2. The van der Waals surface area contributed by atoms with E-state index in [0.717, 1.165) is 6.92 Å². The Labute approximate surface area is 120 Å². The Morgan fingerprint density at radius 3 is 2.14 bits per heavy atom. The molecule has 0 spiro atoms. The zero-order chi connectivity index (χ0) is 16.4. The van der Waals surface area contributed by atoms with Crippen LogP contribution in [0.4, 0.5) is 0 Å². The summed E-state index contributed by atoms with van der Waals surface area (Å²) < 4.78 is 14.0. The molecule has 0 rings (SSSR count). The molecule has 0 saturated carbocycles. The number of esters is 3. The summed E-state index contributed by atoms with van der Waals surface area (Å²) in [4.78, 5) is 43.5. The predicted octanol–water partition coefficient (Wildman–Crippen LogP) is -0.750. The topological polar surface area (TPSA) is 136 Å². The molecule has 0 bridgehead atoms. The molecule has 2 unspecified atom stereocenters. The molecule has 0 heterocycles. The third kappa shape index (κ3) is 9.38. The molecule has 0 radical (unpaired) electrons. The van der Waals surface area contributed by atoms with Gasteiger partial charge in [0.15, 0.2) is 12.2 Å². The molecule has 0 saturated heterocycles. The molecule has 0 aliphatic carbocycles. The van der Waals surface area contributed by atoms with Crippen LogP contribution >= 0.6 is 0 Å². The first-order valence-corrected chi connectivity index (χ1v) is 6.15. The fourth-order valence-electron chi connectivity index (χ4n) is 1.12. The predicted molar refractivity (Wildman–Crippen MR) is 66.0 cm³/mol. The summed E-state index contributed by atoms with van der Waals surface area (Å²) in [5.41, 5.74) is 0. The first-order valence-electron chi connectivity index (χ1n) is 6.15. The number of carbonyl (C=O) groups excluding carboxylic acids is 3. The minimum atomic E-state index is -1.38. The SMILES string of the molecule is CCC(O)C(=O)OCC(COC(C)=O)OC(=O)CC(=O)O. The molecular weight excluding hydrogens is 288 g/mol. The van der Waals surface area contributed by atoms with Crippen LogP contribution in [0.3, 0.4) is 0 Å². The van der Waals surface area contributed by atoms with E-state index < -0.39 is 55.7 Å². The molecular formula is C12H18O9. The summed E-state index contributed by atoms with van der Waals surface area (Å²) in [6, 6.07) is 0. The second-order valence-electron chi connectivity index (χ2n) is 4.04. The summed E-state index contributed by atoms with van der Waals surface area (Å²) in [5.74, 6) is -4.01. The van der Waals surface area contributed by atoms with Crippen molar-refractivity contribution < 1.29 is 43.6 Å². The second-order valence-corrected chi connectivity index (χ2v) is 4.04. The van der Waals surface area contributed by atoms with Gasteiger partial charge in [-0.1, -0.05) is 6.92 Å². The molecule has 0 aromatic rings. The molecule has 21 heavy (non-hydrogen) atoms. The molecule has 2 N–H and O–H groups in total. The molecule has 0 fully saturated rings. The second kappa shape index (κ2) is 9.70. The lowest BCUT2D eigenvalue weighted by atomic mass is 10.3. The van der Waals surface area contributed by atoms with E-state index in [1.54, 1.807) is 6.92 Å². The smallest absolute Gasteiger partial charge is 0.335 e. The number of aliphatic hydroxyl groups excluding tert-OH is 1. The maximum atomic E-state index is 11.3. The van der Waals surface area contributed by atoms with E-state index in [2.05, 4.69) is 4.74 Å². The highest BCUT2D eigenvalue weighted by Gasteiger charge is 2.22. The number of carboxylic acid groups (broad SMARTS) is 1. The Morgan fingerprint density at radius 1 is 1.10 bits per heavy atom. The van der Waals surface area contributed by atoms with Crippen molar-refractivity contribution in [2.75, 3.05) is 13.2 Å². The zero-order valence-electron chi connectivity index (χ0n) is 11.7. The number of ether oxygens (including phenoxy) is 3. The van der Waals surface area contributed by atoms with Gasteiger partial charge in [-0.2, -0.15) is 0 Å². The molecule has 120 valence electrons. The number of aliphatic hydroxyl groups is 1. The van der Waals surface area contributed by atoms with Crippen molar-refractivity contribution in [3.8, 4) is 0 Å². The Hall–Kier alpha value is -2.16. The van der Waals surface area contributed by atoms with Crippen LogP contribution in [0.15, 0.2) is 0 Å². The monoisotopic (exact) mass is 306 g/mol. The maximum Gasteiger partial charge on any atom is 0.335 e. The van der Waals surface area contributed by atoms with Gasteiger partial charge in [-0.25, -0.2) is 4.79 Å². The molecule has 9 nitrogen and oxygen atoms in total. The van der Waals surface area contributed by atoms with Gasteiger partial charge >= 0.3 is 23.9 Å². The van der Waals surface area contributed by atoms with E-state index in [1.165, 1.54) is 0 Å². The Balaban J connectivity index is 4.44. The molecule has 0 aliphatic rings. The van der Waals surface area contributed by atoms with Crippen LogP contribution in [-0.2, 0) is 33.4 Å². The first-order chi connectivity index (χ1) is 9.76. The highest BCUT2D eigenvalue weighted by atomic mass is 16.6. The number of carbonyl (C=O) groups is 4. The van der Waals surface area contributed by atoms with Crippen molar-refractivity contribution in [3.05, 3.63) is 0 Å². The summed E-state index contributed by atoms with van der Waals surface area (Å²) in [6.45, 7) is 1.84. The molecule has 9 heteroatoms. The lowest BCUT2D eigenvalue weighted by Gasteiger charge is -2.18. The largest absolute Gasteiger partial charge is 0.481 e. The normalized spacial score (nSPS) is 12.9. The van der Waals surface area contributed by atoms with Crippen molar-refractivity contribution in [2.24, 2.45) is 0 Å². The van der Waals surface area contributed by atoms with Gasteiger partial charge < -0.3 is 24.4 Å². The van der Waals surface area contributed by atoms with Gasteiger partial charge in [0, 0.05) is 6.92 Å². The van der Waals surface area contributed by atoms with Gasteiger partial charge in [-0.3, -0.25) is 14.4 Å². The molecule has 0 amide bonds. The van der Waals surface area contributed by atoms with Crippen molar-refractivity contribution in [1.29, 1.82) is 0 Å². The summed E-state index contributed by atoms with van der Waals surface area (Å²) in [6.07, 6.45) is -3.18. The quantitative estimate of drug-likeness (QED) is 0.320. The van der Waals surface area contributed by atoms with Crippen LogP contribution in [0.5, 0.6) is 0 Å². The van der Waals surface area contributed by atoms with Crippen LogP contribution < -0.4 is 0 Å². The Kier molecular flexibility index (Phi) is 8.70. The fraction of sp³-hybridized carbons (Fsp3) is 0.667. The molecule has 0 aliphatic heterocycles. The van der Waals surface area contributed by atoms with Crippen molar-refractivity contribution in [1.82, 2.24) is 0 Å². The van der Waals surface area contributed by atoms with Crippen molar-refractivity contribution in [2.45, 2.75) is 38.9 Å². The Morgan fingerprint density at radius 2 is 1.67 bits per heavy atom. The minimum absolute atomic E-state index is 0.145. The number of aliphatic carboxylic acids is 1. The summed E-state index contributed by atoms with van der Waals surface area (Å²) >= 11 is 0. The lowest BCUT2D eigenvalue weighted by Crippen LogP contribution is -2.33. The maximum absolute atomic E-state index is 11.3. The lowest BCUT2D eigenvalue weighted by molar-refractivity contribution is -0.171. The van der Waals surface area contributed by atoms with Crippen LogP contribution in [0.25, 0.3) is 0 Å². The average molecular weight is 306 g/mol. The standard InChI is InChI=1S/C12H18O9/c1-3-9(14)12(18)20-6-8(5-19-7(2)13)21-11(17)4-10(15)16/h8-9,14H,3-6H2,1-2H3,(H,15,16). The van der Waals surface area contributed by atoms with Gasteiger partial charge in [0.1, 0.15) is 19.6 Å². The van der Waals surface area contributed by atoms with Crippen LogP contribution in [0.2, 0.25) is 0 Å². The highest BCUT2D eigenvalue weighted by molar-refractivity contribution is 5.90. The molecule has 0 aromatic heterocycles. The summed E-state index contributed by atoms with van der Waals surface area (Å²) in [5, 5.41) is 17.6. The van der Waals surface area contributed by atoms with Crippen molar-refractivity contribution >= 4 is 23.9 Å². The van der Waals surface area contributed by atoms with Crippen LogP contribution in [0, 0.1) is 0 Å². The van der Waals surface area contributed by atoms with Crippen LogP contribution in [-0.4, -0.2) is 59.5 Å². The van der Waals surface area contributed by atoms with E-state index >= 15 is 0 Å². The van der Waals surface area contributed by atoms with E-state index in [4.69, 9.17) is 14.6 Å². The van der Waals surface area contributed by atoms with Crippen LogP contribution in [0.1, 0.15) is 26.7 Å². The minimum Gasteiger partial charge on any atom is -0.481 e. The Bertz CT molecular complexity index is 390. The first kappa shape index (κ1) is 18.8. The third-order valence-electron chi connectivity index (χ3n) is 2.14. The third-order valence-corrected chi connectivity index (χ3v) is 2.14. The van der Waals surface area contributed by atoms with Crippen molar-refractivity contribution in [3.63, 3.8) is 0 Å². The zero-order valence-corrected chi connectivity index (χ0v) is 11.7. The van der Waals surface area contributed by atoms with Gasteiger partial charge in [0.05, 0.1) is 0 Å². The van der Waals surface area contributed by atoms with Gasteiger partial charge in [0.2, 0.25) is 0 Å². The van der Waals surface area contributed by atoms with Gasteiger partial charge in [0.25, 0.3) is 0 Å². The van der Waals surface area contributed by atoms with E-state index in [9.17, 15) is 24.3 Å². The van der Waals surface area contributed by atoms with Gasteiger partial charge in [-0.15, -0.1) is 0 Å². The number of hydrogen-bond acceptors (Lipinski definition) is 8. The van der Waals surface area contributed by atoms with E-state index in [1.807, 2.05) is 0 Å². The van der Waals surface area contributed by atoms with Gasteiger partial charge in [-0.05, 0) is 6.42 Å². The molecule has 0 aromatic carbocycles. The number of rotatable bonds is 9. The highest BCUT2D eigenvalue weighted by Crippen LogP contribution is 2.02. The van der Waals surface area contributed by atoms with E-state index in [-0.39, 0.29) is 6.42 Å². The average Bonchev–Trinajstić information content (AvgIpc) is 2.39. The molecule has 2 atom stereocenters. The number of carboxylic acids is 1. The summed E-state index contributed by atoms with van der Waals surface area (Å²) in [7, 11) is 0.